The maximum Gasteiger partial charge on any atom is 0.279 e. The Balaban J connectivity index is 1.80. The largest absolute Gasteiger partial charge is 0.317 e. The Morgan fingerprint density at radius 3 is 2.47 bits per heavy atom. The number of piperidine rings is 1. The molecule has 0 bridgehead atoms. The van der Waals surface area contributed by atoms with Crippen molar-refractivity contribution in [3.05, 3.63) is 0 Å². The zero-order valence-electron chi connectivity index (χ0n) is 11.9. The third kappa shape index (κ3) is 4.41. The Kier molecular flexibility index (Phi) is 5.62. The number of nitrogens with zero attached hydrogens (tertiary/aromatic N) is 1. The summed E-state index contributed by atoms with van der Waals surface area (Å²) in [4.78, 5) is 0. The van der Waals surface area contributed by atoms with Gasteiger partial charge in [-0.05, 0) is 50.6 Å². The highest BCUT2D eigenvalue weighted by Crippen LogP contribution is 2.26. The SMILES string of the molecule is CCNCC1CCCN(S(=O)(=O)NCC2CCC2)C1. The van der Waals surface area contributed by atoms with Gasteiger partial charge < -0.3 is 5.32 Å². The van der Waals surface area contributed by atoms with Crippen molar-refractivity contribution in [3.63, 3.8) is 0 Å². The second-order valence-electron chi connectivity index (χ2n) is 5.82. The van der Waals surface area contributed by atoms with Gasteiger partial charge >= 0.3 is 0 Å². The summed E-state index contributed by atoms with van der Waals surface area (Å²) in [6.45, 7) is 5.90. The van der Waals surface area contributed by atoms with Gasteiger partial charge in [-0.15, -0.1) is 0 Å². The summed E-state index contributed by atoms with van der Waals surface area (Å²) in [5, 5.41) is 3.32. The summed E-state index contributed by atoms with van der Waals surface area (Å²) in [5.41, 5.74) is 0. The lowest BCUT2D eigenvalue weighted by molar-refractivity contribution is 0.255. The van der Waals surface area contributed by atoms with E-state index in [0.29, 0.717) is 31.5 Å². The second-order valence-corrected chi connectivity index (χ2v) is 7.58. The van der Waals surface area contributed by atoms with Crippen LogP contribution in [0.1, 0.15) is 39.0 Å². The van der Waals surface area contributed by atoms with E-state index < -0.39 is 10.2 Å². The summed E-state index contributed by atoms with van der Waals surface area (Å²) >= 11 is 0. The molecule has 0 aromatic carbocycles. The van der Waals surface area contributed by atoms with Crippen molar-refractivity contribution < 1.29 is 8.42 Å². The molecule has 1 aliphatic heterocycles. The van der Waals surface area contributed by atoms with Gasteiger partial charge in [0.05, 0.1) is 0 Å². The Bertz CT molecular complexity index is 368. The smallest absolute Gasteiger partial charge is 0.279 e. The predicted octanol–water partition coefficient (Wildman–Crippen LogP) is 0.942. The molecule has 5 nitrogen and oxygen atoms in total. The lowest BCUT2D eigenvalue weighted by atomic mass is 9.86. The van der Waals surface area contributed by atoms with Gasteiger partial charge in [-0.3, -0.25) is 0 Å². The molecule has 0 spiro atoms. The molecule has 1 saturated carbocycles. The van der Waals surface area contributed by atoms with Gasteiger partial charge in [-0.1, -0.05) is 13.3 Å². The van der Waals surface area contributed by atoms with Gasteiger partial charge in [0.1, 0.15) is 0 Å². The van der Waals surface area contributed by atoms with Crippen LogP contribution in [0.25, 0.3) is 0 Å². The van der Waals surface area contributed by atoms with Crippen molar-refractivity contribution in [1.29, 1.82) is 0 Å². The summed E-state index contributed by atoms with van der Waals surface area (Å²) in [5.74, 6) is 1.02. The fraction of sp³-hybridized carbons (Fsp3) is 1.00. The van der Waals surface area contributed by atoms with Crippen LogP contribution in [0.2, 0.25) is 0 Å². The van der Waals surface area contributed by atoms with Crippen LogP contribution < -0.4 is 10.0 Å². The lowest BCUT2D eigenvalue weighted by Gasteiger charge is -2.33. The van der Waals surface area contributed by atoms with Crippen LogP contribution in [0.4, 0.5) is 0 Å². The first-order chi connectivity index (χ1) is 9.12. The molecule has 1 heterocycles. The molecule has 2 N–H and O–H groups in total. The molecular weight excluding hydrogens is 262 g/mol. The third-order valence-electron chi connectivity index (χ3n) is 4.28. The van der Waals surface area contributed by atoms with E-state index in [-0.39, 0.29) is 0 Å². The standard InChI is InChI=1S/C13H27N3O2S/c1-2-14-9-13-7-4-8-16(11-13)19(17,18)15-10-12-5-3-6-12/h12-15H,2-11H2,1H3. The van der Waals surface area contributed by atoms with E-state index in [1.165, 1.54) is 19.3 Å². The van der Waals surface area contributed by atoms with E-state index >= 15 is 0 Å². The van der Waals surface area contributed by atoms with Crippen molar-refractivity contribution in [2.24, 2.45) is 11.8 Å². The van der Waals surface area contributed by atoms with Gasteiger partial charge in [0.2, 0.25) is 0 Å². The number of rotatable bonds is 7. The molecule has 0 amide bonds. The van der Waals surface area contributed by atoms with Crippen LogP contribution in [-0.2, 0) is 10.2 Å². The average molecular weight is 289 g/mol. The van der Waals surface area contributed by atoms with Gasteiger partial charge in [0, 0.05) is 19.6 Å². The zero-order valence-corrected chi connectivity index (χ0v) is 12.7. The van der Waals surface area contributed by atoms with Crippen molar-refractivity contribution in [2.75, 3.05) is 32.7 Å². The molecular formula is C13H27N3O2S. The van der Waals surface area contributed by atoms with Gasteiger partial charge in [0.25, 0.3) is 10.2 Å². The van der Waals surface area contributed by atoms with Crippen LogP contribution in [0.3, 0.4) is 0 Å². The van der Waals surface area contributed by atoms with Crippen LogP contribution >= 0.6 is 0 Å². The molecule has 1 aliphatic carbocycles. The Morgan fingerprint density at radius 2 is 1.84 bits per heavy atom. The zero-order chi connectivity index (χ0) is 13.7. The Hall–Kier alpha value is -0.170. The minimum absolute atomic E-state index is 0.453. The van der Waals surface area contributed by atoms with Crippen LogP contribution in [0, 0.1) is 11.8 Å². The first kappa shape index (κ1) is 15.2. The fourth-order valence-corrected chi connectivity index (χ4v) is 4.18. The first-order valence-electron chi connectivity index (χ1n) is 7.57. The van der Waals surface area contributed by atoms with E-state index in [4.69, 9.17) is 0 Å². The van der Waals surface area contributed by atoms with Crippen molar-refractivity contribution >= 4 is 10.2 Å². The lowest BCUT2D eigenvalue weighted by Crippen LogP contribution is -2.48. The summed E-state index contributed by atoms with van der Waals surface area (Å²) < 4.78 is 28.9. The quantitative estimate of drug-likeness (QED) is 0.733. The minimum Gasteiger partial charge on any atom is -0.317 e. The van der Waals surface area contributed by atoms with E-state index in [0.717, 1.165) is 25.9 Å². The van der Waals surface area contributed by atoms with Crippen LogP contribution in [0.15, 0.2) is 0 Å². The highest BCUT2D eigenvalue weighted by molar-refractivity contribution is 7.87. The van der Waals surface area contributed by atoms with E-state index in [1.807, 2.05) is 0 Å². The van der Waals surface area contributed by atoms with E-state index in [1.54, 1.807) is 4.31 Å². The Morgan fingerprint density at radius 1 is 1.11 bits per heavy atom. The summed E-state index contributed by atoms with van der Waals surface area (Å²) in [7, 11) is -3.26. The number of hydrogen-bond donors (Lipinski definition) is 2. The van der Waals surface area contributed by atoms with Crippen molar-refractivity contribution in [2.45, 2.75) is 39.0 Å². The topological polar surface area (TPSA) is 61.4 Å². The van der Waals surface area contributed by atoms with Crippen LogP contribution in [-0.4, -0.2) is 45.4 Å². The maximum absolute atomic E-state index is 12.2. The van der Waals surface area contributed by atoms with Crippen LogP contribution in [0.5, 0.6) is 0 Å². The highest BCUT2D eigenvalue weighted by Gasteiger charge is 2.29. The van der Waals surface area contributed by atoms with Gasteiger partial charge in [-0.2, -0.15) is 12.7 Å². The molecule has 2 aliphatic rings. The monoisotopic (exact) mass is 289 g/mol. The van der Waals surface area contributed by atoms with Gasteiger partial charge in [-0.25, -0.2) is 4.72 Å². The molecule has 1 saturated heterocycles. The van der Waals surface area contributed by atoms with Gasteiger partial charge in [0.15, 0.2) is 0 Å². The molecule has 1 unspecified atom stereocenters. The minimum atomic E-state index is -3.26. The van der Waals surface area contributed by atoms with Crippen molar-refractivity contribution in [1.82, 2.24) is 14.3 Å². The molecule has 0 aromatic heterocycles. The normalized spacial score (nSPS) is 26.3. The highest BCUT2D eigenvalue weighted by atomic mass is 32.2. The summed E-state index contributed by atoms with van der Waals surface area (Å²) in [6, 6.07) is 0. The molecule has 19 heavy (non-hydrogen) atoms. The number of nitrogens with one attached hydrogen (secondary N) is 2. The number of hydrogen-bond acceptors (Lipinski definition) is 3. The first-order valence-corrected chi connectivity index (χ1v) is 9.01. The third-order valence-corrected chi connectivity index (χ3v) is 5.83. The molecule has 112 valence electrons. The second kappa shape index (κ2) is 7.02. The molecule has 0 aromatic rings. The average Bonchev–Trinajstić information content (AvgIpc) is 2.35. The molecule has 6 heteroatoms. The maximum atomic E-state index is 12.2. The fourth-order valence-electron chi connectivity index (χ4n) is 2.77. The van der Waals surface area contributed by atoms with E-state index in [9.17, 15) is 8.42 Å². The molecule has 2 rings (SSSR count). The predicted molar refractivity (Wildman–Crippen MR) is 77.1 cm³/mol. The summed E-state index contributed by atoms with van der Waals surface area (Å²) in [6.07, 6.45) is 5.69. The molecule has 1 atom stereocenters. The molecule has 0 radical (unpaired) electrons. The molecule has 2 fully saturated rings. The Labute approximate surface area is 117 Å². The van der Waals surface area contributed by atoms with E-state index in [2.05, 4.69) is 17.0 Å². The van der Waals surface area contributed by atoms with Crippen molar-refractivity contribution in [3.8, 4) is 0 Å².